The van der Waals surface area contributed by atoms with Gasteiger partial charge in [0.05, 0.1) is 7.11 Å². The highest BCUT2D eigenvalue weighted by atomic mass is 16.5. The van der Waals surface area contributed by atoms with Crippen molar-refractivity contribution in [1.29, 1.82) is 0 Å². The number of ether oxygens (including phenoxy) is 2. The van der Waals surface area contributed by atoms with E-state index in [2.05, 4.69) is 17.0 Å². The molecule has 28 heavy (non-hydrogen) atoms. The van der Waals surface area contributed by atoms with Gasteiger partial charge >= 0.3 is 0 Å². The Morgan fingerprint density at radius 3 is 2.43 bits per heavy atom. The minimum Gasteiger partial charge on any atom is -0.493 e. The van der Waals surface area contributed by atoms with Crippen molar-refractivity contribution in [3.63, 3.8) is 0 Å². The van der Waals surface area contributed by atoms with E-state index in [9.17, 15) is 9.59 Å². The maximum absolute atomic E-state index is 12.8. The van der Waals surface area contributed by atoms with Gasteiger partial charge in [-0.25, -0.2) is 0 Å². The summed E-state index contributed by atoms with van der Waals surface area (Å²) >= 11 is 0. The Kier molecular flexibility index (Phi) is 6.66. The summed E-state index contributed by atoms with van der Waals surface area (Å²) in [6.45, 7) is 5.63. The fourth-order valence-corrected chi connectivity index (χ4v) is 3.32. The lowest BCUT2D eigenvalue weighted by molar-refractivity contribution is -0.139. The summed E-state index contributed by atoms with van der Waals surface area (Å²) < 4.78 is 11.1. The van der Waals surface area contributed by atoms with Crippen LogP contribution in [0.2, 0.25) is 0 Å². The van der Waals surface area contributed by atoms with Gasteiger partial charge in [0.1, 0.15) is 6.29 Å². The van der Waals surface area contributed by atoms with Gasteiger partial charge < -0.3 is 14.4 Å². The predicted octanol–water partition coefficient (Wildman–Crippen LogP) is 2.62. The third kappa shape index (κ3) is 4.89. The lowest BCUT2D eigenvalue weighted by Crippen LogP contribution is -2.51. The van der Waals surface area contributed by atoms with Gasteiger partial charge in [0.2, 0.25) is 0 Å². The average molecular weight is 382 g/mol. The van der Waals surface area contributed by atoms with Crippen molar-refractivity contribution >= 4 is 12.2 Å². The van der Waals surface area contributed by atoms with Crippen LogP contribution in [0.5, 0.6) is 11.5 Å². The van der Waals surface area contributed by atoms with Crippen molar-refractivity contribution in [2.75, 3.05) is 33.3 Å². The van der Waals surface area contributed by atoms with Crippen molar-refractivity contribution in [3.05, 3.63) is 59.7 Å². The van der Waals surface area contributed by atoms with E-state index in [-0.39, 0.29) is 5.91 Å². The van der Waals surface area contributed by atoms with Gasteiger partial charge in [-0.2, -0.15) is 0 Å². The number of hydrogen-bond acceptors (Lipinski definition) is 5. The second-order valence-electron chi connectivity index (χ2n) is 6.88. The van der Waals surface area contributed by atoms with Crippen molar-refractivity contribution < 1.29 is 19.1 Å². The zero-order valence-electron chi connectivity index (χ0n) is 16.3. The summed E-state index contributed by atoms with van der Waals surface area (Å²) in [6, 6.07) is 15.2. The molecule has 6 nitrogen and oxygen atoms in total. The zero-order chi connectivity index (χ0) is 19.9. The summed E-state index contributed by atoms with van der Waals surface area (Å²) in [6.07, 6.45) is 0.0848. The van der Waals surface area contributed by atoms with E-state index in [0.29, 0.717) is 30.2 Å². The predicted molar refractivity (Wildman–Crippen MR) is 107 cm³/mol. The van der Waals surface area contributed by atoms with Gasteiger partial charge in [-0.1, -0.05) is 30.3 Å². The number of hydrogen-bond donors (Lipinski definition) is 0. The molecular formula is C22H26N2O4. The number of benzene rings is 2. The van der Waals surface area contributed by atoms with E-state index in [1.165, 1.54) is 12.7 Å². The second-order valence-corrected chi connectivity index (χ2v) is 6.88. The van der Waals surface area contributed by atoms with E-state index < -0.39 is 6.10 Å². The smallest absolute Gasteiger partial charge is 0.263 e. The molecule has 0 unspecified atom stereocenters. The minimum atomic E-state index is -0.656. The van der Waals surface area contributed by atoms with Gasteiger partial charge in [0, 0.05) is 38.3 Å². The molecule has 1 amide bonds. The van der Waals surface area contributed by atoms with E-state index in [1.54, 1.807) is 25.1 Å². The fraction of sp³-hybridized carbons (Fsp3) is 0.364. The monoisotopic (exact) mass is 382 g/mol. The van der Waals surface area contributed by atoms with Crippen LogP contribution in [0.25, 0.3) is 0 Å². The van der Waals surface area contributed by atoms with Crippen LogP contribution in [-0.2, 0) is 11.3 Å². The van der Waals surface area contributed by atoms with Crippen molar-refractivity contribution in [2.24, 2.45) is 0 Å². The van der Waals surface area contributed by atoms with Crippen LogP contribution in [0.3, 0.4) is 0 Å². The molecule has 1 atom stereocenters. The van der Waals surface area contributed by atoms with E-state index >= 15 is 0 Å². The number of carbonyl (C=O) groups excluding carboxylic acids is 2. The Morgan fingerprint density at radius 2 is 1.79 bits per heavy atom. The summed E-state index contributed by atoms with van der Waals surface area (Å²) in [7, 11) is 1.53. The first-order valence-electron chi connectivity index (χ1n) is 9.45. The molecule has 1 heterocycles. The number of carbonyl (C=O) groups is 2. The number of aldehydes is 1. The Morgan fingerprint density at radius 1 is 1.07 bits per heavy atom. The molecule has 2 aromatic carbocycles. The lowest BCUT2D eigenvalue weighted by atomic mass is 10.2. The Labute approximate surface area is 165 Å². The van der Waals surface area contributed by atoms with Crippen LogP contribution in [0, 0.1) is 0 Å². The van der Waals surface area contributed by atoms with E-state index in [1.807, 2.05) is 23.1 Å². The molecule has 2 aromatic rings. The van der Waals surface area contributed by atoms with Crippen LogP contribution < -0.4 is 9.47 Å². The minimum absolute atomic E-state index is 0.0575. The third-order valence-corrected chi connectivity index (χ3v) is 4.91. The first-order chi connectivity index (χ1) is 13.6. The van der Waals surface area contributed by atoms with Crippen LogP contribution in [0.1, 0.15) is 22.8 Å². The SMILES string of the molecule is COc1ccc(C=O)cc1O[C@H](C)C(=O)N1CCN(Cc2ccccc2)CC1. The molecule has 0 spiro atoms. The zero-order valence-corrected chi connectivity index (χ0v) is 16.3. The van der Waals surface area contributed by atoms with Crippen molar-refractivity contribution in [2.45, 2.75) is 19.6 Å². The molecule has 0 saturated carbocycles. The summed E-state index contributed by atoms with van der Waals surface area (Å²) in [5, 5.41) is 0. The molecule has 1 aliphatic heterocycles. The molecular weight excluding hydrogens is 356 g/mol. The molecule has 0 bridgehead atoms. The van der Waals surface area contributed by atoms with Crippen molar-refractivity contribution in [1.82, 2.24) is 9.80 Å². The molecule has 1 saturated heterocycles. The van der Waals surface area contributed by atoms with Gasteiger partial charge in [-0.3, -0.25) is 14.5 Å². The molecule has 0 radical (unpaired) electrons. The number of amides is 1. The molecule has 148 valence electrons. The molecule has 0 aromatic heterocycles. The van der Waals surface area contributed by atoms with E-state index in [4.69, 9.17) is 9.47 Å². The summed E-state index contributed by atoms with van der Waals surface area (Å²) in [5.41, 5.74) is 1.76. The normalized spacial score (nSPS) is 15.7. The van der Waals surface area contributed by atoms with E-state index in [0.717, 1.165) is 25.9 Å². The molecule has 0 N–H and O–H groups in total. The Balaban J connectivity index is 1.55. The quantitative estimate of drug-likeness (QED) is 0.689. The highest BCUT2D eigenvalue weighted by Gasteiger charge is 2.26. The number of rotatable bonds is 7. The average Bonchev–Trinajstić information content (AvgIpc) is 2.74. The first kappa shape index (κ1) is 19.9. The summed E-state index contributed by atoms with van der Waals surface area (Å²) in [5.74, 6) is 0.839. The highest BCUT2D eigenvalue weighted by Crippen LogP contribution is 2.29. The maximum atomic E-state index is 12.8. The third-order valence-electron chi connectivity index (χ3n) is 4.91. The first-order valence-corrected chi connectivity index (χ1v) is 9.45. The molecule has 6 heteroatoms. The number of methoxy groups -OCH3 is 1. The largest absolute Gasteiger partial charge is 0.493 e. The van der Waals surface area contributed by atoms with Crippen molar-refractivity contribution in [3.8, 4) is 11.5 Å². The molecule has 1 fully saturated rings. The molecule has 0 aliphatic carbocycles. The molecule has 3 rings (SSSR count). The topological polar surface area (TPSA) is 59.1 Å². The maximum Gasteiger partial charge on any atom is 0.263 e. The van der Waals surface area contributed by atoms with Crippen LogP contribution in [0.15, 0.2) is 48.5 Å². The standard InChI is InChI=1S/C22H26N2O4/c1-17(28-21-14-19(16-25)8-9-20(21)27-2)22(26)24-12-10-23(11-13-24)15-18-6-4-3-5-7-18/h3-9,14,16-17H,10-13,15H2,1-2H3/t17-/m1/s1. The number of nitrogens with zero attached hydrogens (tertiary/aromatic N) is 2. The van der Waals surface area contributed by atoms with Gasteiger partial charge in [0.15, 0.2) is 17.6 Å². The Hall–Kier alpha value is -2.86. The summed E-state index contributed by atoms with van der Waals surface area (Å²) in [4.78, 5) is 28.0. The van der Waals surface area contributed by atoms with Crippen LogP contribution >= 0.6 is 0 Å². The molecule has 1 aliphatic rings. The van der Waals surface area contributed by atoms with Crippen LogP contribution in [0.4, 0.5) is 0 Å². The highest BCUT2D eigenvalue weighted by molar-refractivity contribution is 5.81. The van der Waals surface area contributed by atoms with Gasteiger partial charge in [-0.15, -0.1) is 0 Å². The van der Waals surface area contributed by atoms with Crippen LogP contribution in [-0.4, -0.2) is 61.4 Å². The number of piperazine rings is 1. The Bertz CT molecular complexity index is 801. The second kappa shape index (κ2) is 9.37. The fourth-order valence-electron chi connectivity index (χ4n) is 3.32. The lowest BCUT2D eigenvalue weighted by Gasteiger charge is -2.36. The van der Waals surface area contributed by atoms with Gasteiger partial charge in [0.25, 0.3) is 5.91 Å². The van der Waals surface area contributed by atoms with Gasteiger partial charge in [-0.05, 0) is 30.7 Å².